The molecule has 1 N–H and O–H groups in total. The van der Waals surface area contributed by atoms with Gasteiger partial charge < -0.3 is 14.6 Å². The minimum atomic E-state index is -3.63. The standard InChI is InChI=1S/C33H38N2O5S/c1-34(41(37,38)22-24-11-7-4-8-12-24)26-15-17-33(36)28-21-25-13-14-27(39-2)30-29(25)32(33,31(26)40-30)18-20-35(28)19-16-23-9-5-3-6-10-23/h3-14,26,28,31,36H,15-22H2,1-2H3/t26-,28-,31?,32+,33-/m1/s1. The minimum absolute atomic E-state index is 0.0647. The number of methoxy groups -OCH3 is 1. The van der Waals surface area contributed by atoms with Crippen molar-refractivity contribution in [1.29, 1.82) is 0 Å². The molecule has 1 unspecified atom stereocenters. The van der Waals surface area contributed by atoms with Crippen molar-refractivity contribution in [2.45, 2.75) is 67.1 Å². The van der Waals surface area contributed by atoms with E-state index in [-0.39, 0.29) is 11.8 Å². The number of aliphatic hydroxyl groups is 1. The Hall–Kier alpha value is -2.91. The normalized spacial score (nSPS) is 30.1. The third kappa shape index (κ3) is 3.98. The first-order chi connectivity index (χ1) is 19.8. The fourth-order valence-electron chi connectivity index (χ4n) is 8.41. The number of hydrogen-bond acceptors (Lipinski definition) is 6. The van der Waals surface area contributed by atoms with Gasteiger partial charge in [0, 0.05) is 25.2 Å². The zero-order chi connectivity index (χ0) is 28.4. The number of likely N-dealkylation sites (N-methyl/N-ethyl adjacent to an activating group) is 1. The predicted octanol–water partition coefficient (Wildman–Crippen LogP) is 3.92. The molecule has 0 radical (unpaired) electrons. The number of sulfonamides is 1. The van der Waals surface area contributed by atoms with E-state index in [2.05, 4.69) is 35.2 Å². The van der Waals surface area contributed by atoms with Crippen molar-refractivity contribution in [1.82, 2.24) is 9.21 Å². The van der Waals surface area contributed by atoms with E-state index in [0.717, 1.165) is 37.1 Å². The fourth-order valence-corrected chi connectivity index (χ4v) is 9.85. The summed E-state index contributed by atoms with van der Waals surface area (Å²) in [7, 11) is -0.312. The summed E-state index contributed by atoms with van der Waals surface area (Å²) in [6.07, 6.45) is 2.91. The molecule has 2 aliphatic carbocycles. The number of rotatable bonds is 8. The van der Waals surface area contributed by atoms with E-state index in [4.69, 9.17) is 9.47 Å². The Morgan fingerprint density at radius 2 is 1.73 bits per heavy atom. The lowest BCUT2D eigenvalue weighted by atomic mass is 9.48. The van der Waals surface area contributed by atoms with Gasteiger partial charge in [0.1, 0.15) is 6.10 Å². The summed E-state index contributed by atoms with van der Waals surface area (Å²) in [4.78, 5) is 2.47. The van der Waals surface area contributed by atoms with Crippen LogP contribution in [0.15, 0.2) is 72.8 Å². The topological polar surface area (TPSA) is 79.3 Å². The molecule has 4 aliphatic rings. The van der Waals surface area contributed by atoms with Gasteiger partial charge in [0.2, 0.25) is 10.0 Å². The molecule has 0 amide bonds. The lowest BCUT2D eigenvalue weighted by Gasteiger charge is -2.64. The summed E-state index contributed by atoms with van der Waals surface area (Å²) in [5.74, 6) is 1.26. The highest BCUT2D eigenvalue weighted by molar-refractivity contribution is 7.88. The van der Waals surface area contributed by atoms with E-state index in [1.54, 1.807) is 14.2 Å². The third-order valence-electron chi connectivity index (χ3n) is 10.4. The Balaban J connectivity index is 1.26. The first-order valence-electron chi connectivity index (χ1n) is 14.7. The monoisotopic (exact) mass is 574 g/mol. The zero-order valence-corrected chi connectivity index (χ0v) is 24.5. The molecular formula is C33H38N2O5S. The zero-order valence-electron chi connectivity index (χ0n) is 23.7. The first-order valence-corrected chi connectivity index (χ1v) is 16.3. The molecule has 1 spiro atoms. The molecule has 2 fully saturated rings. The van der Waals surface area contributed by atoms with E-state index >= 15 is 0 Å². The molecule has 0 aromatic heterocycles. The molecule has 216 valence electrons. The van der Waals surface area contributed by atoms with E-state index in [1.807, 2.05) is 42.5 Å². The molecule has 7 rings (SSSR count). The van der Waals surface area contributed by atoms with Crippen LogP contribution in [0.4, 0.5) is 0 Å². The van der Waals surface area contributed by atoms with Crippen LogP contribution in [0, 0.1) is 0 Å². The fraction of sp³-hybridized carbons (Fsp3) is 0.455. The number of piperidine rings is 1. The van der Waals surface area contributed by atoms with Crippen LogP contribution in [-0.2, 0) is 34.0 Å². The second kappa shape index (κ2) is 9.83. The predicted molar refractivity (Wildman–Crippen MR) is 158 cm³/mol. The maximum atomic E-state index is 13.7. The van der Waals surface area contributed by atoms with Crippen molar-refractivity contribution in [3.05, 3.63) is 95.1 Å². The van der Waals surface area contributed by atoms with Crippen LogP contribution in [0.1, 0.15) is 41.5 Å². The summed E-state index contributed by atoms with van der Waals surface area (Å²) < 4.78 is 41.6. The van der Waals surface area contributed by atoms with Gasteiger partial charge in [-0.05, 0) is 61.4 Å². The smallest absolute Gasteiger partial charge is 0.218 e. The van der Waals surface area contributed by atoms with E-state index in [9.17, 15) is 13.5 Å². The molecule has 5 atom stereocenters. The highest BCUT2D eigenvalue weighted by atomic mass is 32.2. The van der Waals surface area contributed by atoms with Crippen LogP contribution in [0.2, 0.25) is 0 Å². The van der Waals surface area contributed by atoms with E-state index in [1.165, 1.54) is 15.4 Å². The van der Waals surface area contributed by atoms with Crippen molar-refractivity contribution in [2.75, 3.05) is 27.2 Å². The van der Waals surface area contributed by atoms with Crippen LogP contribution < -0.4 is 9.47 Å². The molecule has 2 bridgehead atoms. The van der Waals surface area contributed by atoms with Crippen LogP contribution in [-0.4, -0.2) is 73.8 Å². The number of benzene rings is 3. The van der Waals surface area contributed by atoms with Gasteiger partial charge in [0.05, 0.1) is 29.9 Å². The van der Waals surface area contributed by atoms with Crippen LogP contribution >= 0.6 is 0 Å². The van der Waals surface area contributed by atoms with Gasteiger partial charge in [-0.15, -0.1) is 0 Å². The van der Waals surface area contributed by atoms with Crippen LogP contribution in [0.25, 0.3) is 0 Å². The summed E-state index contributed by atoms with van der Waals surface area (Å²) in [5.41, 5.74) is 2.54. The van der Waals surface area contributed by atoms with Crippen molar-refractivity contribution in [3.63, 3.8) is 0 Å². The van der Waals surface area contributed by atoms with Gasteiger partial charge in [-0.2, -0.15) is 4.31 Å². The van der Waals surface area contributed by atoms with Gasteiger partial charge in [-0.3, -0.25) is 4.90 Å². The van der Waals surface area contributed by atoms with Crippen LogP contribution in [0.3, 0.4) is 0 Å². The van der Waals surface area contributed by atoms with Gasteiger partial charge in [0.15, 0.2) is 11.5 Å². The quantitative estimate of drug-likeness (QED) is 0.440. The molecule has 7 nitrogen and oxygen atoms in total. The van der Waals surface area contributed by atoms with Crippen LogP contribution in [0.5, 0.6) is 11.5 Å². The van der Waals surface area contributed by atoms with Crippen molar-refractivity contribution in [3.8, 4) is 11.5 Å². The first kappa shape index (κ1) is 27.0. The Kier molecular flexibility index (Phi) is 6.47. The van der Waals surface area contributed by atoms with Crippen molar-refractivity contribution < 1.29 is 23.0 Å². The molecule has 2 aliphatic heterocycles. The van der Waals surface area contributed by atoms with Crippen molar-refractivity contribution in [2.24, 2.45) is 0 Å². The van der Waals surface area contributed by atoms with Crippen molar-refractivity contribution >= 4 is 10.0 Å². The lowest BCUT2D eigenvalue weighted by molar-refractivity contribution is -0.195. The average Bonchev–Trinajstić information content (AvgIpc) is 3.33. The minimum Gasteiger partial charge on any atom is -0.493 e. The van der Waals surface area contributed by atoms with Gasteiger partial charge in [0.25, 0.3) is 0 Å². The summed E-state index contributed by atoms with van der Waals surface area (Å²) in [6.45, 7) is 1.69. The Morgan fingerprint density at radius 3 is 2.44 bits per heavy atom. The number of hydrogen-bond donors (Lipinski definition) is 1. The number of ether oxygens (including phenoxy) is 2. The molecule has 1 saturated carbocycles. The number of nitrogens with zero attached hydrogens (tertiary/aromatic N) is 2. The summed E-state index contributed by atoms with van der Waals surface area (Å²) >= 11 is 0. The van der Waals surface area contributed by atoms with E-state index in [0.29, 0.717) is 30.8 Å². The molecule has 41 heavy (non-hydrogen) atoms. The number of likely N-dealkylation sites (tertiary alicyclic amines) is 1. The highest BCUT2D eigenvalue weighted by Crippen LogP contribution is 2.66. The molecule has 1 saturated heterocycles. The summed E-state index contributed by atoms with van der Waals surface area (Å²) in [6, 6.07) is 23.4. The Morgan fingerprint density at radius 1 is 1.02 bits per heavy atom. The SMILES string of the molecule is COc1ccc2c3c1OC1[C@H](N(C)S(=O)(=O)Cc4ccccc4)CC[C@@]4(O)[C@@H](C2)N(CCc2ccccc2)CC[C@]314. The largest absolute Gasteiger partial charge is 0.493 e. The lowest BCUT2D eigenvalue weighted by Crippen LogP contribution is -2.78. The Bertz CT molecular complexity index is 1550. The second-order valence-electron chi connectivity index (χ2n) is 12.2. The molecule has 3 aromatic rings. The third-order valence-corrected chi connectivity index (χ3v) is 12.2. The van der Waals surface area contributed by atoms with Gasteiger partial charge >= 0.3 is 0 Å². The average molecular weight is 575 g/mol. The maximum Gasteiger partial charge on any atom is 0.218 e. The highest BCUT2D eigenvalue weighted by Gasteiger charge is 2.73. The Labute approximate surface area is 242 Å². The van der Waals surface area contributed by atoms with Gasteiger partial charge in [-0.1, -0.05) is 66.7 Å². The molecule has 8 heteroatoms. The molecular weight excluding hydrogens is 536 g/mol. The molecule has 2 heterocycles. The summed E-state index contributed by atoms with van der Waals surface area (Å²) in [5, 5.41) is 12.9. The van der Waals surface area contributed by atoms with Gasteiger partial charge in [-0.25, -0.2) is 8.42 Å². The maximum absolute atomic E-state index is 13.7. The second-order valence-corrected chi connectivity index (χ2v) is 14.2. The molecule has 3 aromatic carbocycles. The van der Waals surface area contributed by atoms with E-state index < -0.39 is 33.2 Å².